The fraction of sp³-hybridized carbons (Fsp3) is 0.750. The lowest BCUT2D eigenvalue weighted by Crippen LogP contribution is -2.61. The maximum absolute atomic E-state index is 3.62. The first-order valence-corrected chi connectivity index (χ1v) is 9.18. The molecule has 2 nitrogen and oxygen atoms in total. The minimum absolute atomic E-state index is 0.295. The quantitative estimate of drug-likeness (QED) is 0.850. The van der Waals surface area contributed by atoms with Crippen LogP contribution in [-0.2, 0) is 6.42 Å². The molecule has 1 aliphatic carbocycles. The fourth-order valence-corrected chi connectivity index (χ4v) is 5.35. The maximum Gasteiger partial charge on any atom is 0.0701 e. The van der Waals surface area contributed by atoms with Gasteiger partial charge >= 0.3 is 0 Å². The van der Waals surface area contributed by atoms with Crippen LogP contribution < -0.4 is 5.32 Å². The molecule has 0 saturated heterocycles. The summed E-state index contributed by atoms with van der Waals surface area (Å²) in [5, 5.41) is 3.62. The van der Waals surface area contributed by atoms with Crippen LogP contribution in [0.3, 0.4) is 0 Å². The maximum atomic E-state index is 3.62. The van der Waals surface area contributed by atoms with Gasteiger partial charge in [-0.1, -0.05) is 19.8 Å². The Morgan fingerprint density at radius 2 is 2.25 bits per heavy atom. The summed E-state index contributed by atoms with van der Waals surface area (Å²) >= 11 is 5.44. The van der Waals surface area contributed by atoms with E-state index in [1.165, 1.54) is 34.3 Å². The highest BCUT2D eigenvalue weighted by molar-refractivity contribution is 9.11. The molecule has 1 aromatic rings. The molecule has 114 valence electrons. The Labute approximate surface area is 136 Å². The van der Waals surface area contributed by atoms with E-state index in [9.17, 15) is 0 Å². The second-order valence-electron chi connectivity index (χ2n) is 6.45. The highest BCUT2D eigenvalue weighted by atomic mass is 79.9. The largest absolute Gasteiger partial charge is 0.315 e. The van der Waals surface area contributed by atoms with Gasteiger partial charge in [0.1, 0.15) is 0 Å². The highest BCUT2D eigenvalue weighted by Crippen LogP contribution is 2.39. The molecular formula is C16H27BrN2S. The summed E-state index contributed by atoms with van der Waals surface area (Å²) in [6.07, 6.45) is 6.47. The molecule has 3 unspecified atom stereocenters. The smallest absolute Gasteiger partial charge is 0.0701 e. The van der Waals surface area contributed by atoms with Crippen LogP contribution in [0.15, 0.2) is 15.9 Å². The lowest BCUT2D eigenvalue weighted by atomic mass is 9.70. The Balaban J connectivity index is 2.20. The van der Waals surface area contributed by atoms with Gasteiger partial charge in [0, 0.05) is 16.5 Å². The molecule has 4 heteroatoms. The first-order chi connectivity index (χ1) is 9.48. The van der Waals surface area contributed by atoms with Gasteiger partial charge in [-0.05, 0) is 74.4 Å². The molecule has 1 N–H and O–H groups in total. The van der Waals surface area contributed by atoms with Gasteiger partial charge in [0.05, 0.1) is 3.79 Å². The molecule has 0 aliphatic heterocycles. The van der Waals surface area contributed by atoms with Crippen molar-refractivity contribution < 1.29 is 0 Å². The molecule has 2 rings (SSSR count). The van der Waals surface area contributed by atoms with Gasteiger partial charge in [0.15, 0.2) is 0 Å². The Morgan fingerprint density at radius 3 is 2.75 bits per heavy atom. The number of nitrogens with zero attached hydrogens (tertiary/aromatic N) is 1. The van der Waals surface area contributed by atoms with Crippen LogP contribution in [0.1, 0.15) is 37.5 Å². The van der Waals surface area contributed by atoms with E-state index in [0.29, 0.717) is 11.6 Å². The summed E-state index contributed by atoms with van der Waals surface area (Å²) in [5.74, 6) is 0.831. The average Bonchev–Trinajstić information content (AvgIpc) is 2.81. The molecule has 1 aromatic heterocycles. The number of halogens is 1. The van der Waals surface area contributed by atoms with Crippen molar-refractivity contribution in [3.63, 3.8) is 0 Å². The summed E-state index contributed by atoms with van der Waals surface area (Å²) in [7, 11) is 6.64. The van der Waals surface area contributed by atoms with Gasteiger partial charge in [-0.25, -0.2) is 0 Å². The molecule has 20 heavy (non-hydrogen) atoms. The van der Waals surface area contributed by atoms with Gasteiger partial charge < -0.3 is 10.2 Å². The SMILES string of the molecule is CNC(Cc1ccc(Br)s1)C1(N(C)C)CCCC(C)C1. The summed E-state index contributed by atoms with van der Waals surface area (Å²) in [5.41, 5.74) is 0.295. The van der Waals surface area contributed by atoms with Crippen molar-refractivity contribution in [2.45, 2.75) is 50.6 Å². The third-order valence-electron chi connectivity index (χ3n) is 4.93. The van der Waals surface area contributed by atoms with Crippen molar-refractivity contribution in [2.24, 2.45) is 5.92 Å². The topological polar surface area (TPSA) is 15.3 Å². The van der Waals surface area contributed by atoms with Crippen LogP contribution in [0, 0.1) is 5.92 Å². The van der Waals surface area contributed by atoms with E-state index in [1.807, 2.05) is 11.3 Å². The van der Waals surface area contributed by atoms with Crippen LogP contribution >= 0.6 is 27.3 Å². The predicted octanol–water partition coefficient (Wildman–Crippen LogP) is 4.15. The van der Waals surface area contributed by atoms with Gasteiger partial charge in [0.2, 0.25) is 0 Å². The molecule has 1 saturated carbocycles. The zero-order valence-electron chi connectivity index (χ0n) is 13.1. The minimum atomic E-state index is 0.295. The second kappa shape index (κ2) is 6.91. The fourth-order valence-electron chi connectivity index (χ4n) is 3.82. The Morgan fingerprint density at radius 1 is 1.50 bits per heavy atom. The van der Waals surface area contributed by atoms with E-state index >= 15 is 0 Å². The Hall–Kier alpha value is 0.1000. The molecule has 0 radical (unpaired) electrons. The number of rotatable bonds is 5. The molecule has 1 heterocycles. The van der Waals surface area contributed by atoms with E-state index < -0.39 is 0 Å². The molecule has 1 fully saturated rings. The van der Waals surface area contributed by atoms with E-state index in [-0.39, 0.29) is 0 Å². The zero-order valence-corrected chi connectivity index (χ0v) is 15.5. The Bertz CT molecular complexity index is 432. The van der Waals surface area contributed by atoms with Crippen molar-refractivity contribution in [2.75, 3.05) is 21.1 Å². The molecule has 3 atom stereocenters. The number of thiophene rings is 1. The van der Waals surface area contributed by atoms with E-state index in [0.717, 1.165) is 12.3 Å². The predicted molar refractivity (Wildman–Crippen MR) is 92.6 cm³/mol. The van der Waals surface area contributed by atoms with Gasteiger partial charge in [-0.3, -0.25) is 0 Å². The first-order valence-electron chi connectivity index (χ1n) is 7.57. The molecule has 0 bridgehead atoms. The van der Waals surface area contributed by atoms with Gasteiger partial charge in [-0.2, -0.15) is 0 Å². The molecular weight excluding hydrogens is 332 g/mol. The summed E-state index contributed by atoms with van der Waals surface area (Å²) < 4.78 is 1.23. The van der Waals surface area contributed by atoms with Crippen LogP contribution in [0.25, 0.3) is 0 Å². The van der Waals surface area contributed by atoms with E-state index in [1.54, 1.807) is 0 Å². The first kappa shape index (κ1) is 16.5. The second-order valence-corrected chi connectivity index (χ2v) is 9.00. The number of nitrogens with one attached hydrogen (secondary N) is 1. The lowest BCUT2D eigenvalue weighted by Gasteiger charge is -2.50. The summed E-state index contributed by atoms with van der Waals surface area (Å²) in [4.78, 5) is 3.95. The van der Waals surface area contributed by atoms with Gasteiger partial charge in [0.25, 0.3) is 0 Å². The number of likely N-dealkylation sites (N-methyl/N-ethyl adjacent to an activating group) is 2. The zero-order chi connectivity index (χ0) is 14.8. The Kier molecular flexibility index (Phi) is 5.69. The monoisotopic (exact) mass is 358 g/mol. The average molecular weight is 359 g/mol. The summed E-state index contributed by atoms with van der Waals surface area (Å²) in [6.45, 7) is 2.41. The van der Waals surface area contributed by atoms with Crippen molar-refractivity contribution >= 4 is 27.3 Å². The van der Waals surface area contributed by atoms with Crippen molar-refractivity contribution in [3.05, 3.63) is 20.8 Å². The standard InChI is InChI=1S/C16H27BrN2S/c1-12-6-5-9-16(11-12,19(3)4)14(18-2)10-13-7-8-15(17)20-13/h7-8,12,14,18H,5-6,9-11H2,1-4H3. The van der Waals surface area contributed by atoms with Crippen molar-refractivity contribution in [3.8, 4) is 0 Å². The number of hydrogen-bond donors (Lipinski definition) is 1. The normalized spacial score (nSPS) is 28.8. The van der Waals surface area contributed by atoms with Crippen LogP contribution in [0.5, 0.6) is 0 Å². The number of hydrogen-bond acceptors (Lipinski definition) is 3. The molecule has 1 aliphatic rings. The van der Waals surface area contributed by atoms with E-state index in [4.69, 9.17) is 0 Å². The van der Waals surface area contributed by atoms with Crippen LogP contribution in [0.2, 0.25) is 0 Å². The summed E-state index contributed by atoms with van der Waals surface area (Å²) in [6, 6.07) is 4.94. The van der Waals surface area contributed by atoms with Gasteiger partial charge in [-0.15, -0.1) is 11.3 Å². The van der Waals surface area contributed by atoms with E-state index in [2.05, 4.69) is 66.3 Å². The highest BCUT2D eigenvalue weighted by Gasteiger charge is 2.43. The molecule has 0 aromatic carbocycles. The van der Waals surface area contributed by atoms with Crippen LogP contribution in [-0.4, -0.2) is 37.6 Å². The minimum Gasteiger partial charge on any atom is -0.315 e. The van der Waals surface area contributed by atoms with Crippen LogP contribution in [0.4, 0.5) is 0 Å². The third kappa shape index (κ3) is 3.46. The molecule has 0 spiro atoms. The molecule has 0 amide bonds. The lowest BCUT2D eigenvalue weighted by molar-refractivity contribution is 0.0401. The van der Waals surface area contributed by atoms with Crippen molar-refractivity contribution in [1.82, 2.24) is 10.2 Å². The van der Waals surface area contributed by atoms with Crippen molar-refractivity contribution in [1.29, 1.82) is 0 Å². The third-order valence-corrected chi connectivity index (χ3v) is 6.58.